The van der Waals surface area contributed by atoms with E-state index in [0.717, 1.165) is 22.2 Å². The van der Waals surface area contributed by atoms with Crippen molar-refractivity contribution < 1.29 is 24.1 Å². The molecule has 1 saturated heterocycles. The lowest BCUT2D eigenvalue weighted by Gasteiger charge is -2.32. The van der Waals surface area contributed by atoms with E-state index in [1.165, 1.54) is 4.70 Å². The predicted molar refractivity (Wildman–Crippen MR) is 117 cm³/mol. The summed E-state index contributed by atoms with van der Waals surface area (Å²) in [5.74, 6) is 0.854. The summed E-state index contributed by atoms with van der Waals surface area (Å²) in [5, 5.41) is 11.0. The van der Waals surface area contributed by atoms with Crippen molar-refractivity contribution in [3.8, 4) is 17.2 Å². The minimum absolute atomic E-state index is 0.263. The van der Waals surface area contributed by atoms with Crippen molar-refractivity contribution in [2.45, 2.75) is 24.9 Å². The molecular formula is C23H25NO5S. The third-order valence-electron chi connectivity index (χ3n) is 5.65. The van der Waals surface area contributed by atoms with Crippen LogP contribution in [0.1, 0.15) is 29.3 Å². The van der Waals surface area contributed by atoms with Crippen LogP contribution in [0.25, 0.3) is 10.1 Å². The second kappa shape index (κ2) is 8.53. The molecule has 3 aromatic rings. The van der Waals surface area contributed by atoms with Crippen molar-refractivity contribution in [2.24, 2.45) is 0 Å². The molecule has 0 bridgehead atoms. The number of hydrogen-bond acceptors (Lipinski definition) is 6. The van der Waals surface area contributed by atoms with Gasteiger partial charge in [-0.3, -0.25) is 9.69 Å². The number of rotatable bonds is 7. The van der Waals surface area contributed by atoms with Crippen LogP contribution in [0.2, 0.25) is 0 Å². The van der Waals surface area contributed by atoms with E-state index >= 15 is 0 Å². The minimum Gasteiger partial charge on any atom is -0.493 e. The van der Waals surface area contributed by atoms with Crippen LogP contribution >= 0.6 is 11.3 Å². The number of carboxylic acid groups (broad SMARTS) is 1. The fourth-order valence-corrected chi connectivity index (χ4v) is 5.54. The number of methoxy groups -OCH3 is 3. The van der Waals surface area contributed by atoms with Crippen molar-refractivity contribution in [3.63, 3.8) is 0 Å². The Labute approximate surface area is 179 Å². The summed E-state index contributed by atoms with van der Waals surface area (Å²) in [6, 6.07) is 13.3. The van der Waals surface area contributed by atoms with Crippen LogP contribution in [0.4, 0.5) is 0 Å². The molecule has 0 saturated carbocycles. The molecule has 30 heavy (non-hydrogen) atoms. The second-order valence-electron chi connectivity index (χ2n) is 7.25. The fraction of sp³-hybridized carbons (Fsp3) is 0.348. The summed E-state index contributed by atoms with van der Waals surface area (Å²) in [7, 11) is 4.76. The Morgan fingerprint density at radius 2 is 1.87 bits per heavy atom. The standard InChI is InChI=1S/C23H25NO5S/c1-27-17-11-10-15(21(28-2)22(17)29-3)20(24-12-6-8-16(24)23(25)26)19-13-14-7-4-5-9-18(14)30-19/h4-5,7,9-11,13,16,20H,6,8,12H2,1-3H3,(H,25,26). The average Bonchev–Trinajstić information content (AvgIpc) is 3.40. The Balaban J connectivity index is 1.93. The van der Waals surface area contributed by atoms with Crippen LogP contribution in [0.15, 0.2) is 42.5 Å². The van der Waals surface area contributed by atoms with Gasteiger partial charge in [-0.1, -0.05) is 18.2 Å². The zero-order valence-electron chi connectivity index (χ0n) is 17.3. The van der Waals surface area contributed by atoms with E-state index in [1.807, 2.05) is 24.3 Å². The smallest absolute Gasteiger partial charge is 0.320 e. The number of benzene rings is 2. The number of carbonyl (C=O) groups is 1. The maximum Gasteiger partial charge on any atom is 0.320 e. The molecular weight excluding hydrogens is 402 g/mol. The van der Waals surface area contributed by atoms with Gasteiger partial charge in [0, 0.05) is 21.7 Å². The second-order valence-corrected chi connectivity index (χ2v) is 8.36. The Kier molecular flexibility index (Phi) is 5.83. The molecule has 7 heteroatoms. The van der Waals surface area contributed by atoms with E-state index in [1.54, 1.807) is 32.7 Å². The first-order chi connectivity index (χ1) is 14.6. The lowest BCUT2D eigenvalue weighted by Crippen LogP contribution is -2.39. The molecule has 1 aliphatic rings. The third kappa shape index (κ3) is 3.48. The largest absolute Gasteiger partial charge is 0.493 e. The van der Waals surface area contributed by atoms with Crippen LogP contribution in [-0.4, -0.2) is 49.9 Å². The van der Waals surface area contributed by atoms with Crippen LogP contribution < -0.4 is 14.2 Å². The number of ether oxygens (including phenoxy) is 3. The first-order valence-corrected chi connectivity index (χ1v) is 10.7. The van der Waals surface area contributed by atoms with E-state index in [4.69, 9.17) is 14.2 Å². The van der Waals surface area contributed by atoms with Gasteiger partial charge in [0.2, 0.25) is 5.75 Å². The molecule has 1 N–H and O–H groups in total. The summed E-state index contributed by atoms with van der Waals surface area (Å²) in [4.78, 5) is 15.2. The van der Waals surface area contributed by atoms with Crippen LogP contribution in [0.5, 0.6) is 17.2 Å². The van der Waals surface area contributed by atoms with Gasteiger partial charge in [-0.25, -0.2) is 0 Å². The molecule has 2 aromatic carbocycles. The third-order valence-corrected chi connectivity index (χ3v) is 6.82. The minimum atomic E-state index is -0.793. The molecule has 1 aliphatic heterocycles. The van der Waals surface area contributed by atoms with Crippen LogP contribution in [0.3, 0.4) is 0 Å². The Morgan fingerprint density at radius 1 is 1.10 bits per heavy atom. The number of nitrogens with zero attached hydrogens (tertiary/aromatic N) is 1. The van der Waals surface area contributed by atoms with E-state index in [0.29, 0.717) is 30.2 Å². The predicted octanol–water partition coefficient (Wildman–Crippen LogP) is 4.57. The van der Waals surface area contributed by atoms with Gasteiger partial charge in [0.1, 0.15) is 6.04 Å². The highest BCUT2D eigenvalue weighted by atomic mass is 32.1. The first-order valence-electron chi connectivity index (χ1n) is 9.85. The number of aliphatic carboxylic acids is 1. The molecule has 158 valence electrons. The van der Waals surface area contributed by atoms with Gasteiger partial charge >= 0.3 is 5.97 Å². The summed E-state index contributed by atoms with van der Waals surface area (Å²) < 4.78 is 18.0. The molecule has 6 nitrogen and oxygen atoms in total. The molecule has 2 heterocycles. The number of carboxylic acids is 1. The van der Waals surface area contributed by atoms with Crippen molar-refractivity contribution in [1.82, 2.24) is 4.90 Å². The normalized spacial score (nSPS) is 17.8. The number of fused-ring (bicyclic) bond motifs is 1. The Hall–Kier alpha value is -2.77. The maximum atomic E-state index is 12.0. The summed E-state index contributed by atoms with van der Waals surface area (Å²) in [6.45, 7) is 0.702. The molecule has 2 atom stereocenters. The van der Waals surface area contributed by atoms with Gasteiger partial charge in [0.15, 0.2) is 11.5 Å². The molecule has 2 unspecified atom stereocenters. The van der Waals surface area contributed by atoms with E-state index in [2.05, 4.69) is 23.1 Å². The maximum absolute atomic E-state index is 12.0. The molecule has 0 amide bonds. The summed E-state index contributed by atoms with van der Waals surface area (Å²) in [5.41, 5.74) is 0.870. The molecule has 0 radical (unpaired) electrons. The highest BCUT2D eigenvalue weighted by Gasteiger charge is 2.39. The first kappa shape index (κ1) is 20.5. The average molecular weight is 428 g/mol. The van der Waals surface area contributed by atoms with Gasteiger partial charge in [-0.05, 0) is 42.5 Å². The van der Waals surface area contributed by atoms with Crippen molar-refractivity contribution in [2.75, 3.05) is 27.9 Å². The van der Waals surface area contributed by atoms with E-state index in [9.17, 15) is 9.90 Å². The van der Waals surface area contributed by atoms with E-state index < -0.39 is 12.0 Å². The monoisotopic (exact) mass is 427 g/mol. The lowest BCUT2D eigenvalue weighted by molar-refractivity contribution is -0.142. The molecule has 1 aromatic heterocycles. The highest BCUT2D eigenvalue weighted by Crippen LogP contribution is 2.48. The van der Waals surface area contributed by atoms with Crippen molar-refractivity contribution in [1.29, 1.82) is 0 Å². The van der Waals surface area contributed by atoms with Crippen molar-refractivity contribution in [3.05, 3.63) is 52.9 Å². The molecule has 4 rings (SSSR count). The number of likely N-dealkylation sites (tertiary alicyclic amines) is 1. The molecule has 1 fully saturated rings. The quantitative estimate of drug-likeness (QED) is 0.596. The highest BCUT2D eigenvalue weighted by molar-refractivity contribution is 7.19. The van der Waals surface area contributed by atoms with Crippen molar-refractivity contribution >= 4 is 27.4 Å². The lowest BCUT2D eigenvalue weighted by atomic mass is 9.99. The SMILES string of the molecule is COc1ccc(C(c2cc3ccccc3s2)N2CCCC2C(=O)O)c(OC)c1OC. The number of hydrogen-bond donors (Lipinski definition) is 1. The van der Waals surface area contributed by atoms with Gasteiger partial charge < -0.3 is 19.3 Å². The zero-order valence-corrected chi connectivity index (χ0v) is 18.1. The Bertz CT molecular complexity index is 1030. The molecule has 0 spiro atoms. The zero-order chi connectivity index (χ0) is 21.3. The Morgan fingerprint density at radius 3 is 2.53 bits per heavy atom. The summed E-state index contributed by atoms with van der Waals surface area (Å²) in [6.07, 6.45) is 1.47. The van der Waals surface area contributed by atoms with Gasteiger partial charge in [-0.2, -0.15) is 0 Å². The van der Waals surface area contributed by atoms with Gasteiger partial charge in [0.05, 0.1) is 27.4 Å². The van der Waals surface area contributed by atoms with Gasteiger partial charge in [-0.15, -0.1) is 11.3 Å². The molecule has 0 aliphatic carbocycles. The van der Waals surface area contributed by atoms with Crippen LogP contribution in [0, 0.1) is 0 Å². The van der Waals surface area contributed by atoms with Gasteiger partial charge in [0.25, 0.3) is 0 Å². The fourth-order valence-electron chi connectivity index (χ4n) is 4.34. The van der Waals surface area contributed by atoms with E-state index in [-0.39, 0.29) is 6.04 Å². The summed E-state index contributed by atoms with van der Waals surface area (Å²) >= 11 is 1.68. The van der Waals surface area contributed by atoms with Crippen LogP contribution in [-0.2, 0) is 4.79 Å². The topological polar surface area (TPSA) is 68.2 Å². The number of thiophene rings is 1.